The van der Waals surface area contributed by atoms with E-state index in [0.717, 1.165) is 22.0 Å². The van der Waals surface area contributed by atoms with E-state index in [1.807, 2.05) is 43.4 Å². The number of fused-ring (bicyclic) bond motifs is 1. The van der Waals surface area contributed by atoms with E-state index in [-0.39, 0.29) is 0 Å². The summed E-state index contributed by atoms with van der Waals surface area (Å²) in [4.78, 5) is 6.22. The van der Waals surface area contributed by atoms with Crippen molar-refractivity contribution in [3.05, 3.63) is 42.2 Å². The minimum absolute atomic E-state index is 0.524. The Morgan fingerprint density at radius 2 is 2.05 bits per heavy atom. The second kappa shape index (κ2) is 5.10. The van der Waals surface area contributed by atoms with Gasteiger partial charge < -0.3 is 16.0 Å². The number of nitrogens with zero attached hydrogens (tertiary/aromatic N) is 2. The van der Waals surface area contributed by atoms with Gasteiger partial charge >= 0.3 is 0 Å². The normalized spacial score (nSPS) is 11.6. The fourth-order valence-electron chi connectivity index (χ4n) is 1.98. The van der Waals surface area contributed by atoms with Gasteiger partial charge in [0.05, 0.1) is 5.52 Å². The maximum Gasteiger partial charge on any atom is 0.0723 e. The molecule has 0 unspecified atom stereocenters. The molecule has 0 saturated heterocycles. The zero-order valence-electron chi connectivity index (χ0n) is 11.4. The number of nitrogens with one attached hydrogen (secondary N) is 1. The van der Waals surface area contributed by atoms with Gasteiger partial charge in [-0.1, -0.05) is 6.07 Å². The second-order valence-electron chi connectivity index (χ2n) is 4.76. The maximum absolute atomic E-state index is 7.90. The second-order valence-corrected chi connectivity index (χ2v) is 4.76. The van der Waals surface area contributed by atoms with Crippen molar-refractivity contribution in [2.75, 3.05) is 19.8 Å². The largest absolute Gasteiger partial charge is 0.398 e. The fraction of sp³-hybridized carbons (Fsp3) is 0.200. The standard InChI is InChI=1S/C15H18N4/c1-10(16)13(9-19(2)3)11-4-5-15-12(8-11)14(17)6-7-18-15/h4-9,16H,1-3H3,(H2,17,18)/b13-9+,16-10?. The van der Waals surface area contributed by atoms with Gasteiger partial charge in [-0.05, 0) is 30.7 Å². The predicted octanol–water partition coefficient (Wildman–Crippen LogP) is 2.76. The number of pyridine rings is 1. The molecule has 0 fully saturated rings. The van der Waals surface area contributed by atoms with Crippen LogP contribution < -0.4 is 5.73 Å². The molecule has 1 aromatic carbocycles. The minimum Gasteiger partial charge on any atom is -0.398 e. The van der Waals surface area contributed by atoms with Crippen LogP contribution in [0.1, 0.15) is 12.5 Å². The van der Waals surface area contributed by atoms with Crippen LogP contribution in [-0.4, -0.2) is 29.7 Å². The SMILES string of the molecule is CC(=N)/C(=C\N(C)C)c1ccc2nccc(N)c2c1. The van der Waals surface area contributed by atoms with E-state index in [0.29, 0.717) is 11.4 Å². The molecule has 2 aromatic rings. The molecule has 4 heteroatoms. The van der Waals surface area contributed by atoms with Gasteiger partial charge in [0.25, 0.3) is 0 Å². The quantitative estimate of drug-likeness (QED) is 0.828. The number of anilines is 1. The van der Waals surface area contributed by atoms with E-state index >= 15 is 0 Å². The van der Waals surface area contributed by atoms with E-state index in [9.17, 15) is 0 Å². The lowest BCUT2D eigenvalue weighted by Gasteiger charge is -2.12. The Bertz CT molecular complexity index is 656. The summed E-state index contributed by atoms with van der Waals surface area (Å²) in [6.07, 6.45) is 3.64. The van der Waals surface area contributed by atoms with E-state index in [1.165, 1.54) is 0 Å². The first-order valence-corrected chi connectivity index (χ1v) is 6.07. The molecule has 1 aromatic heterocycles. The number of benzene rings is 1. The van der Waals surface area contributed by atoms with Gasteiger partial charge in [0.1, 0.15) is 0 Å². The molecule has 0 bridgehead atoms. The summed E-state index contributed by atoms with van der Waals surface area (Å²) in [5.74, 6) is 0. The third-order valence-electron chi connectivity index (χ3n) is 2.88. The summed E-state index contributed by atoms with van der Waals surface area (Å²) < 4.78 is 0. The van der Waals surface area contributed by atoms with Gasteiger partial charge in [0, 0.05) is 48.9 Å². The molecular formula is C15H18N4. The summed E-state index contributed by atoms with van der Waals surface area (Å²) in [5, 5.41) is 8.82. The maximum atomic E-state index is 7.90. The van der Waals surface area contributed by atoms with Crippen molar-refractivity contribution < 1.29 is 0 Å². The van der Waals surface area contributed by atoms with Crippen molar-refractivity contribution in [3.8, 4) is 0 Å². The van der Waals surface area contributed by atoms with Crippen molar-refractivity contribution in [1.82, 2.24) is 9.88 Å². The van der Waals surface area contributed by atoms with Crippen molar-refractivity contribution in [2.45, 2.75) is 6.92 Å². The number of aromatic nitrogens is 1. The van der Waals surface area contributed by atoms with Gasteiger partial charge in [0.2, 0.25) is 0 Å². The summed E-state index contributed by atoms with van der Waals surface area (Å²) >= 11 is 0. The summed E-state index contributed by atoms with van der Waals surface area (Å²) in [7, 11) is 3.89. The van der Waals surface area contributed by atoms with E-state index < -0.39 is 0 Å². The average molecular weight is 254 g/mol. The number of nitrogens with two attached hydrogens (primary N) is 1. The smallest absolute Gasteiger partial charge is 0.0723 e. The first kappa shape index (κ1) is 13.1. The van der Waals surface area contributed by atoms with Crippen molar-refractivity contribution in [1.29, 1.82) is 5.41 Å². The zero-order valence-corrected chi connectivity index (χ0v) is 11.4. The van der Waals surface area contributed by atoms with Gasteiger partial charge in [-0.25, -0.2) is 0 Å². The highest BCUT2D eigenvalue weighted by Crippen LogP contribution is 2.24. The average Bonchev–Trinajstić information content (AvgIpc) is 2.36. The number of hydrogen-bond donors (Lipinski definition) is 2. The first-order chi connectivity index (χ1) is 8.99. The van der Waals surface area contributed by atoms with Gasteiger partial charge in [-0.15, -0.1) is 0 Å². The highest BCUT2D eigenvalue weighted by atomic mass is 15.0. The Morgan fingerprint density at radius 1 is 1.32 bits per heavy atom. The Morgan fingerprint density at radius 3 is 2.68 bits per heavy atom. The predicted molar refractivity (Wildman–Crippen MR) is 81.2 cm³/mol. The highest BCUT2D eigenvalue weighted by Gasteiger charge is 2.07. The van der Waals surface area contributed by atoms with Gasteiger partial charge in [0.15, 0.2) is 0 Å². The summed E-state index contributed by atoms with van der Waals surface area (Å²) in [5.41, 5.74) is 9.95. The first-order valence-electron chi connectivity index (χ1n) is 6.07. The number of hydrogen-bond acceptors (Lipinski definition) is 4. The van der Waals surface area contributed by atoms with Crippen LogP contribution >= 0.6 is 0 Å². The van der Waals surface area contributed by atoms with Crippen LogP contribution in [0.2, 0.25) is 0 Å². The lowest BCUT2D eigenvalue weighted by molar-refractivity contribution is 0.566. The summed E-state index contributed by atoms with van der Waals surface area (Å²) in [6.45, 7) is 1.78. The molecule has 3 N–H and O–H groups in total. The lowest BCUT2D eigenvalue weighted by Crippen LogP contribution is -2.06. The van der Waals surface area contributed by atoms with Crippen LogP contribution in [0.5, 0.6) is 0 Å². The molecule has 4 nitrogen and oxygen atoms in total. The molecule has 0 radical (unpaired) electrons. The molecule has 0 aliphatic rings. The zero-order chi connectivity index (χ0) is 14.0. The Labute approximate surface area is 113 Å². The van der Waals surface area contributed by atoms with E-state index in [1.54, 1.807) is 19.2 Å². The molecule has 0 atom stereocenters. The van der Waals surface area contributed by atoms with Crippen LogP contribution in [-0.2, 0) is 0 Å². The van der Waals surface area contributed by atoms with Crippen LogP contribution in [0.4, 0.5) is 5.69 Å². The van der Waals surface area contributed by atoms with Crippen LogP contribution in [0.15, 0.2) is 36.7 Å². The summed E-state index contributed by atoms with van der Waals surface area (Å²) in [6, 6.07) is 7.69. The molecule has 0 amide bonds. The third-order valence-corrected chi connectivity index (χ3v) is 2.88. The molecule has 1 heterocycles. The fourth-order valence-corrected chi connectivity index (χ4v) is 1.98. The van der Waals surface area contributed by atoms with Crippen molar-refractivity contribution >= 4 is 27.9 Å². The molecule has 0 saturated carbocycles. The van der Waals surface area contributed by atoms with Crippen LogP contribution in [0, 0.1) is 5.41 Å². The molecule has 19 heavy (non-hydrogen) atoms. The third kappa shape index (κ3) is 2.73. The van der Waals surface area contributed by atoms with Crippen LogP contribution in [0.3, 0.4) is 0 Å². The molecule has 0 aliphatic carbocycles. The number of nitrogen functional groups attached to an aromatic ring is 1. The molecular weight excluding hydrogens is 236 g/mol. The van der Waals surface area contributed by atoms with Crippen molar-refractivity contribution in [3.63, 3.8) is 0 Å². The topological polar surface area (TPSA) is 66.0 Å². The lowest BCUT2D eigenvalue weighted by atomic mass is 10.0. The molecule has 98 valence electrons. The van der Waals surface area contributed by atoms with E-state index in [2.05, 4.69) is 4.98 Å². The molecule has 2 rings (SSSR count). The molecule has 0 aliphatic heterocycles. The van der Waals surface area contributed by atoms with Gasteiger partial charge in [-0.3, -0.25) is 4.98 Å². The Kier molecular flexibility index (Phi) is 3.51. The number of rotatable bonds is 3. The van der Waals surface area contributed by atoms with Gasteiger partial charge in [-0.2, -0.15) is 0 Å². The monoisotopic (exact) mass is 254 g/mol. The minimum atomic E-state index is 0.524. The number of allylic oxidation sites excluding steroid dienone is 1. The van der Waals surface area contributed by atoms with Crippen molar-refractivity contribution in [2.24, 2.45) is 0 Å². The van der Waals surface area contributed by atoms with Crippen LogP contribution in [0.25, 0.3) is 16.5 Å². The Hall–Kier alpha value is -2.36. The molecule has 0 spiro atoms. The Balaban J connectivity index is 2.62. The highest BCUT2D eigenvalue weighted by molar-refractivity contribution is 6.21. The van der Waals surface area contributed by atoms with E-state index in [4.69, 9.17) is 11.1 Å².